The lowest BCUT2D eigenvalue weighted by molar-refractivity contribution is -0.161. The molecule has 1 heterocycles. The lowest BCUT2D eigenvalue weighted by Gasteiger charge is -2.54. The fourth-order valence-electron chi connectivity index (χ4n) is 9.17. The Balaban J connectivity index is 1.75. The van der Waals surface area contributed by atoms with Crippen LogP contribution >= 0.6 is 0 Å². The summed E-state index contributed by atoms with van der Waals surface area (Å²) in [5, 5.41) is 12.8. The van der Waals surface area contributed by atoms with Gasteiger partial charge >= 0.3 is 0 Å². The monoisotopic (exact) mass is 528 g/mol. The molecule has 0 spiro atoms. The highest BCUT2D eigenvalue weighted by atomic mass is 16.3. The zero-order valence-electron chi connectivity index (χ0n) is 26.0. The maximum Gasteiger partial charge on any atom is 0.140 e. The van der Waals surface area contributed by atoms with Gasteiger partial charge in [0.25, 0.3) is 0 Å². The molecular weight excluding hydrogens is 462 g/mol. The second-order valence-corrected chi connectivity index (χ2v) is 14.5. The third-order valence-corrected chi connectivity index (χ3v) is 11.4. The van der Waals surface area contributed by atoms with Crippen molar-refractivity contribution in [2.24, 2.45) is 23.7 Å². The Kier molecular flexibility index (Phi) is 12.4. The first kappa shape index (κ1) is 30.5. The van der Waals surface area contributed by atoms with Crippen molar-refractivity contribution in [3.63, 3.8) is 0 Å². The Morgan fingerprint density at radius 3 is 1.95 bits per heavy atom. The average molecular weight is 528 g/mol. The van der Waals surface area contributed by atoms with E-state index in [1.165, 1.54) is 148 Å². The molecule has 2 nitrogen and oxygen atoms in total. The summed E-state index contributed by atoms with van der Waals surface area (Å²) in [6, 6.07) is 0.538. The molecule has 38 heavy (non-hydrogen) atoms. The van der Waals surface area contributed by atoms with E-state index >= 15 is 0 Å². The lowest BCUT2D eigenvalue weighted by atomic mass is 9.74. The van der Waals surface area contributed by atoms with E-state index in [-0.39, 0.29) is 5.92 Å². The van der Waals surface area contributed by atoms with Gasteiger partial charge in [0, 0.05) is 17.7 Å². The normalized spacial score (nSPS) is 34.8. The van der Waals surface area contributed by atoms with E-state index < -0.39 is 5.72 Å². The van der Waals surface area contributed by atoms with Crippen LogP contribution in [0.1, 0.15) is 181 Å². The van der Waals surface area contributed by atoms with Gasteiger partial charge in [-0.2, -0.15) is 0 Å². The van der Waals surface area contributed by atoms with Crippen molar-refractivity contribution >= 4 is 0 Å². The molecule has 5 atom stereocenters. The number of hydrogen-bond acceptors (Lipinski definition) is 2. The van der Waals surface area contributed by atoms with Crippen LogP contribution in [0.4, 0.5) is 0 Å². The summed E-state index contributed by atoms with van der Waals surface area (Å²) in [6.45, 7) is 6.92. The van der Waals surface area contributed by atoms with Gasteiger partial charge in [-0.15, -0.1) is 0 Å². The molecule has 1 N–H and O–H groups in total. The van der Waals surface area contributed by atoms with Gasteiger partial charge in [-0.3, -0.25) is 0 Å². The zero-order chi connectivity index (χ0) is 26.8. The molecule has 0 amide bonds. The summed E-state index contributed by atoms with van der Waals surface area (Å²) >= 11 is 0. The van der Waals surface area contributed by atoms with Crippen molar-refractivity contribution < 1.29 is 5.11 Å². The largest absolute Gasteiger partial charge is 0.371 e. The molecule has 220 valence electrons. The van der Waals surface area contributed by atoms with Gasteiger partial charge < -0.3 is 10.0 Å². The standard InChI is InChI=1S/C36H65NO/c1-4-26-36(38,29(2)3)37-34-23-16-12-8-7-11-15-20-32(34)21-17-22-33-28-31-19-14-10-6-5-9-13-18-30(27-31)24-25-35(33)37/h29-32,34,38H,4-28H2,1-3H3/b35-33+. The second kappa shape index (κ2) is 15.5. The van der Waals surface area contributed by atoms with Gasteiger partial charge in [-0.05, 0) is 82.0 Å². The summed E-state index contributed by atoms with van der Waals surface area (Å²) in [6.07, 6.45) is 34.2. The van der Waals surface area contributed by atoms with Gasteiger partial charge in [-0.25, -0.2) is 0 Å². The van der Waals surface area contributed by atoms with Gasteiger partial charge in [0.05, 0.1) is 0 Å². The van der Waals surface area contributed by atoms with Crippen LogP contribution in [0.3, 0.4) is 0 Å². The van der Waals surface area contributed by atoms with Gasteiger partial charge in [-0.1, -0.05) is 123 Å². The Morgan fingerprint density at radius 1 is 0.711 bits per heavy atom. The summed E-state index contributed by atoms with van der Waals surface area (Å²) in [4.78, 5) is 2.81. The minimum absolute atomic E-state index is 0.262. The molecule has 0 aromatic heterocycles. The molecule has 0 saturated heterocycles. The molecule has 3 aliphatic carbocycles. The fraction of sp³-hybridized carbons (Fsp3) is 0.944. The third kappa shape index (κ3) is 8.04. The SMILES string of the molecule is CCCC(O)(C(C)C)N1/C2=C(\CCCC3CCCCCCCCC31)CC1CCCCCCCCC(CC2)C1. The minimum atomic E-state index is -0.702. The van der Waals surface area contributed by atoms with Crippen molar-refractivity contribution in [2.45, 2.75) is 193 Å². The van der Waals surface area contributed by atoms with E-state index in [4.69, 9.17) is 0 Å². The fourth-order valence-corrected chi connectivity index (χ4v) is 9.17. The number of nitrogens with zero attached hydrogens (tertiary/aromatic N) is 1. The van der Waals surface area contributed by atoms with Gasteiger partial charge in [0.1, 0.15) is 5.72 Å². The molecule has 0 aromatic carbocycles. The van der Waals surface area contributed by atoms with E-state index in [0.29, 0.717) is 6.04 Å². The van der Waals surface area contributed by atoms with Crippen LogP contribution in [0.5, 0.6) is 0 Å². The topological polar surface area (TPSA) is 23.5 Å². The summed E-state index contributed by atoms with van der Waals surface area (Å²) < 4.78 is 0. The Hall–Kier alpha value is -0.500. The molecule has 2 saturated carbocycles. The Labute approximate surface area is 237 Å². The van der Waals surface area contributed by atoms with Gasteiger partial charge in [0.2, 0.25) is 0 Å². The maximum atomic E-state index is 12.8. The summed E-state index contributed by atoms with van der Waals surface area (Å²) in [7, 11) is 0. The minimum Gasteiger partial charge on any atom is -0.371 e. The van der Waals surface area contributed by atoms with Crippen LogP contribution in [-0.2, 0) is 0 Å². The lowest BCUT2D eigenvalue weighted by Crippen LogP contribution is -2.59. The maximum absolute atomic E-state index is 12.8. The molecule has 4 rings (SSSR count). The number of hydrogen-bond donors (Lipinski definition) is 1. The number of rotatable bonds is 4. The smallest absolute Gasteiger partial charge is 0.140 e. The van der Waals surface area contributed by atoms with Crippen LogP contribution in [0.2, 0.25) is 0 Å². The highest BCUT2D eigenvalue weighted by molar-refractivity contribution is 5.20. The van der Waals surface area contributed by atoms with Crippen LogP contribution in [0, 0.1) is 23.7 Å². The first-order valence-corrected chi connectivity index (χ1v) is 17.8. The first-order chi connectivity index (χ1) is 18.5. The van der Waals surface area contributed by atoms with Crippen molar-refractivity contribution in [3.8, 4) is 0 Å². The van der Waals surface area contributed by atoms with Crippen LogP contribution in [0.15, 0.2) is 11.3 Å². The van der Waals surface area contributed by atoms with E-state index in [0.717, 1.165) is 30.6 Å². The van der Waals surface area contributed by atoms with E-state index in [1.807, 2.05) is 0 Å². The molecule has 0 radical (unpaired) electrons. The van der Waals surface area contributed by atoms with E-state index in [9.17, 15) is 5.11 Å². The van der Waals surface area contributed by atoms with Crippen molar-refractivity contribution in [3.05, 3.63) is 11.3 Å². The quantitative estimate of drug-likeness (QED) is 0.393. The Morgan fingerprint density at radius 2 is 1.29 bits per heavy atom. The van der Waals surface area contributed by atoms with Gasteiger partial charge in [0.15, 0.2) is 0 Å². The van der Waals surface area contributed by atoms with E-state index in [1.54, 1.807) is 11.3 Å². The van der Waals surface area contributed by atoms with Crippen molar-refractivity contribution in [1.29, 1.82) is 0 Å². The summed E-state index contributed by atoms with van der Waals surface area (Å²) in [5.41, 5.74) is 2.74. The molecule has 4 aliphatic rings. The van der Waals surface area contributed by atoms with Crippen LogP contribution < -0.4 is 0 Å². The number of allylic oxidation sites excluding steroid dienone is 2. The average Bonchev–Trinajstić information content (AvgIpc) is 2.93. The molecule has 0 aromatic rings. The highest BCUT2D eigenvalue weighted by Gasteiger charge is 2.45. The highest BCUT2D eigenvalue weighted by Crippen LogP contribution is 2.47. The molecule has 2 bridgehead atoms. The number of aliphatic hydroxyl groups is 1. The third-order valence-electron chi connectivity index (χ3n) is 11.4. The van der Waals surface area contributed by atoms with Crippen molar-refractivity contribution in [1.82, 2.24) is 4.90 Å². The zero-order valence-corrected chi connectivity index (χ0v) is 26.0. The molecule has 2 heteroatoms. The molecule has 2 fully saturated rings. The first-order valence-electron chi connectivity index (χ1n) is 17.8. The second-order valence-electron chi connectivity index (χ2n) is 14.5. The van der Waals surface area contributed by atoms with Crippen molar-refractivity contribution in [2.75, 3.05) is 0 Å². The molecular formula is C36H65NO. The van der Waals surface area contributed by atoms with E-state index in [2.05, 4.69) is 25.7 Å². The predicted octanol–water partition coefficient (Wildman–Crippen LogP) is 10.9. The predicted molar refractivity (Wildman–Crippen MR) is 164 cm³/mol. The molecule has 5 unspecified atom stereocenters. The molecule has 1 aliphatic heterocycles. The van der Waals surface area contributed by atoms with Crippen LogP contribution in [-0.4, -0.2) is 21.8 Å². The summed E-state index contributed by atoms with van der Waals surface area (Å²) in [5.74, 6) is 2.80. The number of fused-ring (bicyclic) bond motifs is 3. The Bertz CT molecular complexity index is 712. The van der Waals surface area contributed by atoms with Crippen LogP contribution in [0.25, 0.3) is 0 Å².